The van der Waals surface area contributed by atoms with Crippen molar-refractivity contribution in [2.45, 2.75) is 13.8 Å². The number of anilines is 2. The Morgan fingerprint density at radius 3 is 2.29 bits per heavy atom. The number of benzene rings is 2. The summed E-state index contributed by atoms with van der Waals surface area (Å²) in [5.74, 6) is 1.11. The first-order valence-electron chi connectivity index (χ1n) is 6.89. The summed E-state index contributed by atoms with van der Waals surface area (Å²) in [7, 11) is 0. The average Bonchev–Trinajstić information content (AvgIpc) is 2.51. The van der Waals surface area contributed by atoms with E-state index in [0.717, 1.165) is 11.4 Å². The number of hydrogen-bond acceptors (Lipinski definition) is 4. The van der Waals surface area contributed by atoms with E-state index in [4.69, 9.17) is 14.9 Å². The highest BCUT2D eigenvalue weighted by molar-refractivity contribution is 5.75. The van der Waals surface area contributed by atoms with Gasteiger partial charge in [-0.3, -0.25) is 0 Å². The Bertz CT molecular complexity index is 636. The van der Waals surface area contributed by atoms with E-state index in [0.29, 0.717) is 30.4 Å². The lowest BCUT2D eigenvalue weighted by Crippen LogP contribution is -2.00. The zero-order chi connectivity index (χ0) is 15.1. The van der Waals surface area contributed by atoms with Crippen molar-refractivity contribution in [1.29, 1.82) is 5.39 Å². The Hall–Kier alpha value is -2.74. The monoisotopic (exact) mass is 284 g/mol. The van der Waals surface area contributed by atoms with Crippen LogP contribution in [-0.2, 0) is 0 Å². The van der Waals surface area contributed by atoms with Gasteiger partial charge in [-0.15, -0.1) is 0 Å². The molecule has 21 heavy (non-hydrogen) atoms. The van der Waals surface area contributed by atoms with Crippen LogP contribution < -0.4 is 14.8 Å². The Morgan fingerprint density at radius 1 is 1.00 bits per heavy atom. The molecule has 2 aromatic carbocycles. The molecule has 0 heterocycles. The van der Waals surface area contributed by atoms with Gasteiger partial charge in [-0.05, 0) is 26.0 Å². The van der Waals surface area contributed by atoms with Crippen LogP contribution >= 0.6 is 0 Å². The molecular weight excluding hydrogens is 266 g/mol. The quantitative estimate of drug-likeness (QED) is 0.780. The predicted molar refractivity (Wildman–Crippen MR) is 83.2 cm³/mol. The SMILES string of the molecule is CCOc1cc(Nc2ccccc2)c(OCC)cc1[N+]#N. The van der Waals surface area contributed by atoms with E-state index >= 15 is 0 Å². The summed E-state index contributed by atoms with van der Waals surface area (Å²) in [5, 5.41) is 12.4. The zero-order valence-corrected chi connectivity index (χ0v) is 12.2. The second-order valence-corrected chi connectivity index (χ2v) is 4.27. The fraction of sp³-hybridized carbons (Fsp3) is 0.250. The molecule has 0 saturated heterocycles. The first-order valence-corrected chi connectivity index (χ1v) is 6.89. The van der Waals surface area contributed by atoms with Gasteiger partial charge in [0.1, 0.15) is 0 Å². The summed E-state index contributed by atoms with van der Waals surface area (Å²) in [4.78, 5) is 3.25. The molecule has 5 heteroatoms. The van der Waals surface area contributed by atoms with Crippen LogP contribution in [-0.4, -0.2) is 13.2 Å². The van der Waals surface area contributed by atoms with E-state index in [1.165, 1.54) is 0 Å². The minimum atomic E-state index is 0.346. The molecule has 0 aliphatic rings. The minimum absolute atomic E-state index is 0.346. The van der Waals surface area contributed by atoms with E-state index in [1.807, 2.05) is 44.2 Å². The van der Waals surface area contributed by atoms with Gasteiger partial charge in [-0.25, -0.2) is 0 Å². The predicted octanol–water partition coefficient (Wildman–Crippen LogP) is 4.71. The van der Waals surface area contributed by atoms with E-state index in [9.17, 15) is 0 Å². The van der Waals surface area contributed by atoms with Crippen molar-refractivity contribution < 1.29 is 9.47 Å². The van der Waals surface area contributed by atoms with Crippen LogP contribution in [0.1, 0.15) is 13.8 Å². The largest absolute Gasteiger partial charge is 0.491 e. The number of ether oxygens (including phenoxy) is 2. The molecule has 108 valence electrons. The minimum Gasteiger partial charge on any atom is -0.491 e. The van der Waals surface area contributed by atoms with Crippen LogP contribution in [0.25, 0.3) is 4.98 Å². The van der Waals surface area contributed by atoms with Crippen molar-refractivity contribution in [2.75, 3.05) is 18.5 Å². The first-order chi connectivity index (χ1) is 10.3. The maximum atomic E-state index is 9.09. The molecule has 0 atom stereocenters. The van der Waals surface area contributed by atoms with Crippen LogP contribution in [0.3, 0.4) is 0 Å². The summed E-state index contributed by atoms with van der Waals surface area (Å²) in [6, 6.07) is 13.2. The molecule has 2 rings (SSSR count). The van der Waals surface area contributed by atoms with Gasteiger partial charge in [-0.1, -0.05) is 18.2 Å². The molecule has 0 radical (unpaired) electrons. The molecule has 0 aromatic heterocycles. The summed E-state index contributed by atoms with van der Waals surface area (Å²) >= 11 is 0. The molecule has 0 aliphatic heterocycles. The van der Waals surface area contributed by atoms with Gasteiger partial charge in [0.25, 0.3) is 0 Å². The summed E-state index contributed by atoms with van der Waals surface area (Å²) in [6.07, 6.45) is 0. The average molecular weight is 284 g/mol. The molecule has 0 amide bonds. The lowest BCUT2D eigenvalue weighted by atomic mass is 10.2. The zero-order valence-electron chi connectivity index (χ0n) is 12.2. The first kappa shape index (κ1) is 14.7. The molecule has 2 aromatic rings. The van der Waals surface area contributed by atoms with E-state index in [2.05, 4.69) is 10.3 Å². The van der Waals surface area contributed by atoms with Crippen molar-refractivity contribution in [3.8, 4) is 11.5 Å². The summed E-state index contributed by atoms with van der Waals surface area (Å²) in [6.45, 7) is 4.78. The third-order valence-corrected chi connectivity index (χ3v) is 2.82. The third kappa shape index (κ3) is 3.63. The van der Waals surface area contributed by atoms with Gasteiger partial charge in [-0.2, -0.15) is 0 Å². The number of nitrogens with one attached hydrogen (secondary N) is 1. The number of para-hydroxylation sites is 1. The van der Waals surface area contributed by atoms with Gasteiger partial charge < -0.3 is 14.8 Å². The number of nitrogens with zero attached hydrogens (tertiary/aromatic N) is 2. The Labute approximate surface area is 124 Å². The van der Waals surface area contributed by atoms with Crippen molar-refractivity contribution in [3.05, 3.63) is 47.4 Å². The second-order valence-electron chi connectivity index (χ2n) is 4.27. The van der Waals surface area contributed by atoms with Crippen LogP contribution in [0.15, 0.2) is 42.5 Å². The molecule has 1 N–H and O–H groups in total. The van der Waals surface area contributed by atoms with Gasteiger partial charge in [0.05, 0.1) is 25.0 Å². The number of hydrogen-bond donors (Lipinski definition) is 1. The summed E-state index contributed by atoms with van der Waals surface area (Å²) in [5.41, 5.74) is 2.05. The normalized spacial score (nSPS) is 9.76. The van der Waals surface area contributed by atoms with Crippen LogP contribution in [0.5, 0.6) is 11.5 Å². The molecule has 0 spiro atoms. The van der Waals surface area contributed by atoms with Crippen molar-refractivity contribution in [1.82, 2.24) is 0 Å². The molecular formula is C16H18N3O2+. The Morgan fingerprint density at radius 2 is 1.67 bits per heavy atom. The molecule has 0 fully saturated rings. The van der Waals surface area contributed by atoms with E-state index in [1.54, 1.807) is 12.1 Å². The highest BCUT2D eigenvalue weighted by Crippen LogP contribution is 2.39. The molecule has 5 nitrogen and oxygen atoms in total. The van der Waals surface area contributed by atoms with Crippen molar-refractivity contribution in [3.63, 3.8) is 0 Å². The molecule has 0 unspecified atom stereocenters. The van der Waals surface area contributed by atoms with Crippen molar-refractivity contribution in [2.24, 2.45) is 0 Å². The Kier molecular flexibility index (Phi) is 4.99. The third-order valence-electron chi connectivity index (χ3n) is 2.82. The number of diazo groups is 1. The van der Waals surface area contributed by atoms with Gasteiger partial charge in [0, 0.05) is 11.8 Å². The van der Waals surface area contributed by atoms with Crippen LogP contribution in [0, 0.1) is 5.39 Å². The molecule has 0 aliphatic carbocycles. The topological polar surface area (TPSA) is 58.6 Å². The highest BCUT2D eigenvalue weighted by atomic mass is 16.5. The fourth-order valence-electron chi connectivity index (χ4n) is 1.95. The van der Waals surface area contributed by atoms with E-state index in [-0.39, 0.29) is 0 Å². The second kappa shape index (κ2) is 7.15. The standard InChI is InChI=1S/C16H18N3O2/c1-3-20-15-11-14(19-17)16(21-4-2)10-13(15)18-12-8-6-5-7-9-12/h5-11,18H,3-4H2,1-2H3/q+1. The van der Waals surface area contributed by atoms with Gasteiger partial charge in [0.2, 0.25) is 11.1 Å². The number of rotatable bonds is 6. The van der Waals surface area contributed by atoms with Crippen molar-refractivity contribution >= 4 is 17.1 Å². The molecule has 0 saturated carbocycles. The van der Waals surface area contributed by atoms with E-state index < -0.39 is 0 Å². The summed E-state index contributed by atoms with van der Waals surface area (Å²) < 4.78 is 11.1. The smallest absolute Gasteiger partial charge is 0.430 e. The Balaban J connectivity index is 2.41. The lowest BCUT2D eigenvalue weighted by molar-refractivity contribution is 0.334. The van der Waals surface area contributed by atoms with Gasteiger partial charge in [0.15, 0.2) is 10.7 Å². The highest BCUT2D eigenvalue weighted by Gasteiger charge is 2.20. The fourth-order valence-corrected chi connectivity index (χ4v) is 1.95. The molecule has 0 bridgehead atoms. The lowest BCUT2D eigenvalue weighted by Gasteiger charge is -2.13. The van der Waals surface area contributed by atoms with Gasteiger partial charge >= 0.3 is 5.69 Å². The van der Waals surface area contributed by atoms with Crippen LogP contribution in [0.2, 0.25) is 0 Å². The maximum absolute atomic E-state index is 9.09. The maximum Gasteiger partial charge on any atom is 0.430 e. The van der Waals surface area contributed by atoms with Crippen LogP contribution in [0.4, 0.5) is 17.1 Å².